The van der Waals surface area contributed by atoms with Gasteiger partial charge in [0.25, 0.3) is 0 Å². The molecule has 0 aromatic heterocycles. The summed E-state index contributed by atoms with van der Waals surface area (Å²) < 4.78 is 38.4. The fraction of sp³-hybridized carbons (Fsp3) is 0.0714. The van der Waals surface area contributed by atoms with E-state index in [9.17, 15) is 18.0 Å². The summed E-state index contributed by atoms with van der Waals surface area (Å²) in [4.78, 5) is 12.2. The molecule has 2 aromatic carbocycles. The molecule has 7 heteroatoms. The molecule has 0 N–H and O–H groups in total. The number of hydrogen-bond donors (Lipinski definition) is 0. The van der Waals surface area contributed by atoms with Crippen LogP contribution in [0.3, 0.4) is 0 Å². The van der Waals surface area contributed by atoms with Crippen LogP contribution in [0.15, 0.2) is 40.9 Å². The van der Waals surface area contributed by atoms with Gasteiger partial charge in [0.05, 0.1) is 15.6 Å². The van der Waals surface area contributed by atoms with E-state index in [-0.39, 0.29) is 25.6 Å². The minimum Gasteiger partial charge on any atom is -0.289 e. The second kappa shape index (κ2) is 5.99. The van der Waals surface area contributed by atoms with E-state index >= 15 is 0 Å². The Balaban J connectivity index is 2.46. The quantitative estimate of drug-likeness (QED) is 0.567. The smallest absolute Gasteiger partial charge is 0.289 e. The molecule has 110 valence electrons. The fourth-order valence-electron chi connectivity index (χ4n) is 1.69. The van der Waals surface area contributed by atoms with E-state index in [1.54, 1.807) is 0 Å². The fourth-order valence-corrected chi connectivity index (χ4v) is 2.46. The van der Waals surface area contributed by atoms with Crippen molar-refractivity contribution in [1.29, 1.82) is 0 Å². The summed E-state index contributed by atoms with van der Waals surface area (Å²) in [6.07, 6.45) is -4.55. The van der Waals surface area contributed by atoms with E-state index in [0.29, 0.717) is 0 Å². The maximum absolute atomic E-state index is 12.8. The molecule has 0 spiro atoms. The summed E-state index contributed by atoms with van der Waals surface area (Å²) >= 11 is 14.4. The molecular weight excluding hydrogens is 392 g/mol. The van der Waals surface area contributed by atoms with Crippen molar-refractivity contribution >= 4 is 44.9 Å². The molecule has 0 atom stereocenters. The topological polar surface area (TPSA) is 17.1 Å². The molecule has 0 fully saturated rings. The number of ketones is 1. The average Bonchev–Trinajstić information content (AvgIpc) is 2.40. The maximum atomic E-state index is 12.8. The molecule has 0 saturated heterocycles. The molecule has 0 heterocycles. The van der Waals surface area contributed by atoms with Crippen LogP contribution in [0, 0.1) is 0 Å². The van der Waals surface area contributed by atoms with Crippen LogP contribution in [0.4, 0.5) is 13.2 Å². The lowest BCUT2D eigenvalue weighted by molar-refractivity contribution is -0.138. The van der Waals surface area contributed by atoms with Crippen molar-refractivity contribution in [2.24, 2.45) is 0 Å². The normalized spacial score (nSPS) is 11.5. The highest BCUT2D eigenvalue weighted by Gasteiger charge is 2.33. The molecule has 0 amide bonds. The lowest BCUT2D eigenvalue weighted by Gasteiger charge is -2.11. The van der Waals surface area contributed by atoms with Gasteiger partial charge >= 0.3 is 6.18 Å². The minimum atomic E-state index is -4.55. The van der Waals surface area contributed by atoms with Crippen LogP contribution in [-0.4, -0.2) is 5.78 Å². The Morgan fingerprint density at radius 1 is 0.952 bits per heavy atom. The number of benzene rings is 2. The van der Waals surface area contributed by atoms with E-state index < -0.39 is 17.5 Å². The first-order valence-corrected chi connectivity index (χ1v) is 7.11. The first-order chi connectivity index (χ1) is 9.70. The van der Waals surface area contributed by atoms with Crippen LogP contribution in [0.25, 0.3) is 0 Å². The second-order valence-corrected chi connectivity index (χ2v) is 5.82. The molecule has 0 aliphatic heterocycles. The number of hydrogen-bond acceptors (Lipinski definition) is 1. The number of rotatable bonds is 2. The molecule has 0 bridgehead atoms. The van der Waals surface area contributed by atoms with Crippen molar-refractivity contribution in [3.05, 3.63) is 67.6 Å². The standard InChI is InChI=1S/C14H6BrCl2F3O/c15-10-3-1-7(5-9(10)14(18,19)20)13(21)8-2-4-11(16)12(17)6-8/h1-6H. The van der Waals surface area contributed by atoms with Crippen LogP contribution in [0.1, 0.15) is 21.5 Å². The molecule has 2 rings (SSSR count). The van der Waals surface area contributed by atoms with E-state index in [4.69, 9.17) is 23.2 Å². The molecular formula is C14H6BrCl2F3O. The van der Waals surface area contributed by atoms with Gasteiger partial charge in [-0.25, -0.2) is 0 Å². The summed E-state index contributed by atoms with van der Waals surface area (Å²) in [5.74, 6) is -0.563. The van der Waals surface area contributed by atoms with Gasteiger partial charge in [-0.3, -0.25) is 4.79 Å². The Hall–Kier alpha value is -1.04. The number of carbonyl (C=O) groups excluding carboxylic acids is 1. The van der Waals surface area contributed by atoms with E-state index in [0.717, 1.165) is 6.07 Å². The molecule has 0 aliphatic carbocycles. The zero-order valence-corrected chi connectivity index (χ0v) is 13.2. The second-order valence-electron chi connectivity index (χ2n) is 4.15. The minimum absolute atomic E-state index is 0.0797. The lowest BCUT2D eigenvalue weighted by atomic mass is 10.0. The van der Waals surface area contributed by atoms with Gasteiger partial charge < -0.3 is 0 Å². The van der Waals surface area contributed by atoms with Gasteiger partial charge in [-0.05, 0) is 36.4 Å². The summed E-state index contributed by atoms with van der Waals surface area (Å²) in [7, 11) is 0. The molecule has 0 unspecified atom stereocenters. The first kappa shape index (κ1) is 16.3. The molecule has 0 aliphatic rings. The molecule has 2 aromatic rings. The summed E-state index contributed by atoms with van der Waals surface area (Å²) in [6.45, 7) is 0. The monoisotopic (exact) mass is 396 g/mol. The van der Waals surface area contributed by atoms with Gasteiger partial charge in [-0.15, -0.1) is 0 Å². The lowest BCUT2D eigenvalue weighted by Crippen LogP contribution is -2.09. The zero-order valence-electron chi connectivity index (χ0n) is 10.1. The average molecular weight is 398 g/mol. The Morgan fingerprint density at radius 3 is 2.10 bits per heavy atom. The van der Waals surface area contributed by atoms with Gasteiger partial charge in [0, 0.05) is 15.6 Å². The highest BCUT2D eigenvalue weighted by molar-refractivity contribution is 9.10. The molecule has 0 saturated carbocycles. The maximum Gasteiger partial charge on any atom is 0.417 e. The van der Waals surface area contributed by atoms with Crippen LogP contribution in [-0.2, 0) is 6.18 Å². The SMILES string of the molecule is O=C(c1ccc(Cl)c(Cl)c1)c1ccc(Br)c(C(F)(F)F)c1. The van der Waals surface area contributed by atoms with Crippen LogP contribution < -0.4 is 0 Å². The summed E-state index contributed by atoms with van der Waals surface area (Å²) in [6, 6.07) is 7.45. The predicted octanol–water partition coefficient (Wildman–Crippen LogP) is 6.01. The van der Waals surface area contributed by atoms with Crippen LogP contribution in [0.2, 0.25) is 10.0 Å². The molecule has 1 nitrogen and oxygen atoms in total. The molecule has 21 heavy (non-hydrogen) atoms. The van der Waals surface area contributed by atoms with E-state index in [1.807, 2.05) is 0 Å². The predicted molar refractivity (Wildman–Crippen MR) is 79.0 cm³/mol. The highest BCUT2D eigenvalue weighted by atomic mass is 79.9. The highest BCUT2D eigenvalue weighted by Crippen LogP contribution is 2.35. The zero-order chi connectivity index (χ0) is 15.8. The van der Waals surface area contributed by atoms with E-state index in [2.05, 4.69) is 15.9 Å². The number of carbonyl (C=O) groups is 1. The van der Waals surface area contributed by atoms with Crippen LogP contribution >= 0.6 is 39.1 Å². The van der Waals surface area contributed by atoms with Crippen LogP contribution in [0.5, 0.6) is 0 Å². The van der Waals surface area contributed by atoms with Crippen molar-refractivity contribution in [3.63, 3.8) is 0 Å². The Kier molecular flexibility index (Phi) is 4.66. The van der Waals surface area contributed by atoms with Gasteiger partial charge in [0.2, 0.25) is 0 Å². The number of halogens is 6. The first-order valence-electron chi connectivity index (χ1n) is 5.56. The van der Waals surface area contributed by atoms with Crippen molar-refractivity contribution in [2.45, 2.75) is 6.18 Å². The van der Waals surface area contributed by atoms with Gasteiger partial charge in [0.15, 0.2) is 5.78 Å². The Morgan fingerprint density at radius 2 is 1.52 bits per heavy atom. The third kappa shape index (κ3) is 3.59. The summed E-state index contributed by atoms with van der Waals surface area (Å²) in [5, 5.41) is 0.427. The third-order valence-corrected chi connectivity index (χ3v) is 4.15. The van der Waals surface area contributed by atoms with Gasteiger partial charge in [0.1, 0.15) is 0 Å². The summed E-state index contributed by atoms with van der Waals surface area (Å²) in [5.41, 5.74) is -0.822. The van der Waals surface area contributed by atoms with Crippen molar-refractivity contribution in [1.82, 2.24) is 0 Å². The number of alkyl halides is 3. The largest absolute Gasteiger partial charge is 0.417 e. The van der Waals surface area contributed by atoms with Gasteiger partial charge in [-0.1, -0.05) is 39.1 Å². The Bertz CT molecular complexity index is 714. The van der Waals surface area contributed by atoms with Gasteiger partial charge in [-0.2, -0.15) is 13.2 Å². The molecule has 0 radical (unpaired) electrons. The van der Waals surface area contributed by atoms with Crippen molar-refractivity contribution in [2.75, 3.05) is 0 Å². The van der Waals surface area contributed by atoms with Crippen molar-refractivity contribution < 1.29 is 18.0 Å². The van der Waals surface area contributed by atoms with E-state index in [1.165, 1.54) is 30.3 Å². The van der Waals surface area contributed by atoms with Crippen molar-refractivity contribution in [3.8, 4) is 0 Å². The third-order valence-electron chi connectivity index (χ3n) is 2.72. The Labute approximate surface area is 136 Å².